The number of carbonyl (C=O) groups is 2. The number of benzene rings is 3. The number of halogens is 1. The number of aryl methyl sites for hydroxylation is 2. The van der Waals surface area contributed by atoms with E-state index in [1.165, 1.54) is 0 Å². The van der Waals surface area contributed by atoms with E-state index in [1.807, 2.05) is 61.2 Å². The van der Waals surface area contributed by atoms with Crippen LogP contribution in [0.5, 0.6) is 0 Å². The molecule has 5 rings (SSSR count). The number of hydrogen-bond donors (Lipinski definition) is 1. The number of nitrogens with zero attached hydrogens (tertiary/aromatic N) is 1. The first kappa shape index (κ1) is 23.6. The number of amides is 2. The van der Waals surface area contributed by atoms with Gasteiger partial charge in [0.25, 0.3) is 11.8 Å². The van der Waals surface area contributed by atoms with Crippen LogP contribution in [0.2, 0.25) is 5.02 Å². The molecule has 5 nitrogen and oxygen atoms in total. The Morgan fingerprint density at radius 3 is 2.54 bits per heavy atom. The van der Waals surface area contributed by atoms with E-state index in [2.05, 4.69) is 5.32 Å². The lowest BCUT2D eigenvalue weighted by Crippen LogP contribution is -2.33. The van der Waals surface area contributed by atoms with Crippen LogP contribution in [0, 0.1) is 13.8 Å². The number of nitrogens with one attached hydrogen (secondary N) is 1. The Labute approximate surface area is 211 Å². The minimum Gasteiger partial charge on any atom is -0.380 e. The average Bonchev–Trinajstić information content (AvgIpc) is 3.26. The summed E-state index contributed by atoms with van der Waals surface area (Å²) in [5, 5.41) is 3.63. The molecule has 3 aromatic rings. The molecule has 6 heteroatoms. The topological polar surface area (TPSA) is 58.6 Å². The lowest BCUT2D eigenvalue weighted by Gasteiger charge is -2.30. The summed E-state index contributed by atoms with van der Waals surface area (Å²) in [6, 6.07) is 18.8. The van der Waals surface area contributed by atoms with Gasteiger partial charge in [-0.15, -0.1) is 0 Å². The molecular formula is C29H29ClN2O3. The molecule has 1 unspecified atom stereocenters. The van der Waals surface area contributed by atoms with E-state index < -0.39 is 0 Å². The summed E-state index contributed by atoms with van der Waals surface area (Å²) < 4.78 is 5.79. The fraction of sp³-hybridized carbons (Fsp3) is 0.310. The molecule has 1 atom stereocenters. The third-order valence-electron chi connectivity index (χ3n) is 7.31. The Morgan fingerprint density at radius 2 is 1.80 bits per heavy atom. The molecule has 1 fully saturated rings. The van der Waals surface area contributed by atoms with Crippen LogP contribution in [0.4, 0.5) is 11.4 Å². The maximum absolute atomic E-state index is 13.8. The molecule has 2 aliphatic heterocycles. The van der Waals surface area contributed by atoms with Crippen molar-refractivity contribution in [3.05, 3.63) is 93.5 Å². The average molecular weight is 489 g/mol. The van der Waals surface area contributed by atoms with Gasteiger partial charge in [0.1, 0.15) is 0 Å². The van der Waals surface area contributed by atoms with Crippen molar-refractivity contribution < 1.29 is 14.3 Å². The lowest BCUT2D eigenvalue weighted by atomic mass is 9.76. The van der Waals surface area contributed by atoms with Crippen molar-refractivity contribution in [1.82, 2.24) is 0 Å². The fourth-order valence-corrected chi connectivity index (χ4v) is 5.55. The zero-order chi connectivity index (χ0) is 24.6. The van der Waals surface area contributed by atoms with Crippen molar-refractivity contribution in [3.63, 3.8) is 0 Å². The molecular weight excluding hydrogens is 460 g/mol. The normalized spacial score (nSPS) is 19.3. The molecule has 1 spiro atoms. The van der Waals surface area contributed by atoms with Gasteiger partial charge in [-0.2, -0.15) is 0 Å². The number of carbonyl (C=O) groups excluding carboxylic acids is 2. The van der Waals surface area contributed by atoms with Crippen LogP contribution in [-0.4, -0.2) is 31.6 Å². The summed E-state index contributed by atoms with van der Waals surface area (Å²) in [5.74, 6) is -0.206. The van der Waals surface area contributed by atoms with E-state index in [4.69, 9.17) is 16.3 Å². The molecule has 2 heterocycles. The monoisotopic (exact) mass is 488 g/mol. The van der Waals surface area contributed by atoms with Crippen molar-refractivity contribution >= 4 is 34.8 Å². The number of ether oxygens (including phenoxy) is 1. The van der Waals surface area contributed by atoms with Gasteiger partial charge in [0, 0.05) is 46.1 Å². The molecule has 35 heavy (non-hydrogen) atoms. The molecule has 2 aliphatic rings. The first-order chi connectivity index (χ1) is 16.9. The first-order valence-corrected chi connectivity index (χ1v) is 12.4. The molecule has 1 saturated heterocycles. The number of fused-ring (bicyclic) bond motifs is 2. The van der Waals surface area contributed by atoms with Crippen LogP contribution in [0.3, 0.4) is 0 Å². The highest BCUT2D eigenvalue weighted by molar-refractivity contribution is 6.30. The molecule has 180 valence electrons. The quantitative estimate of drug-likeness (QED) is 0.470. The number of rotatable bonds is 3. The van der Waals surface area contributed by atoms with Gasteiger partial charge in [-0.25, -0.2) is 0 Å². The van der Waals surface area contributed by atoms with Crippen molar-refractivity contribution in [2.75, 3.05) is 30.0 Å². The smallest absolute Gasteiger partial charge is 0.258 e. The standard InChI is InChI=1S/C29H29ClN2O3/c1-19-6-3-4-7-23(19)27(33)31-22-9-10-24(20(2)16-22)28(34)32-14-5-12-29(13-15-35-18-29)25-17-21(30)8-11-26(25)32/h3-4,6-11,16-17H,5,12-15,18H2,1-2H3,(H,31,33). The maximum Gasteiger partial charge on any atom is 0.258 e. The van der Waals surface area contributed by atoms with Gasteiger partial charge in [0.05, 0.1) is 6.61 Å². The SMILES string of the molecule is Cc1ccccc1C(=O)Nc1ccc(C(=O)N2CCCC3(CCOC3)c3cc(Cl)ccc32)c(C)c1. The van der Waals surface area contributed by atoms with Gasteiger partial charge in [0.2, 0.25) is 0 Å². The Hall–Kier alpha value is -3.15. The Kier molecular flexibility index (Phi) is 6.39. The highest BCUT2D eigenvalue weighted by Crippen LogP contribution is 2.45. The Balaban J connectivity index is 1.43. The van der Waals surface area contributed by atoms with Gasteiger partial charge in [-0.3, -0.25) is 9.59 Å². The first-order valence-electron chi connectivity index (χ1n) is 12.1. The van der Waals surface area contributed by atoms with E-state index in [0.29, 0.717) is 35.0 Å². The predicted molar refractivity (Wildman–Crippen MR) is 140 cm³/mol. The Bertz CT molecular complexity index is 1300. The molecule has 2 amide bonds. The van der Waals surface area contributed by atoms with Gasteiger partial charge in [-0.1, -0.05) is 29.8 Å². The number of anilines is 2. The second kappa shape index (κ2) is 9.48. The van der Waals surface area contributed by atoms with E-state index in [0.717, 1.165) is 48.2 Å². The summed E-state index contributed by atoms with van der Waals surface area (Å²) in [6.45, 7) is 5.85. The minimum atomic E-state index is -0.163. The van der Waals surface area contributed by atoms with E-state index in [-0.39, 0.29) is 17.2 Å². The van der Waals surface area contributed by atoms with Crippen LogP contribution in [0.25, 0.3) is 0 Å². The highest BCUT2D eigenvalue weighted by atomic mass is 35.5. The van der Waals surface area contributed by atoms with Gasteiger partial charge >= 0.3 is 0 Å². The third kappa shape index (κ3) is 4.46. The molecule has 0 saturated carbocycles. The molecule has 1 N–H and O–H groups in total. The van der Waals surface area contributed by atoms with Crippen LogP contribution in [-0.2, 0) is 10.2 Å². The summed E-state index contributed by atoms with van der Waals surface area (Å²) in [5.41, 5.74) is 5.58. The minimum absolute atomic E-state index is 0.0428. The molecule has 0 bridgehead atoms. The lowest BCUT2D eigenvalue weighted by molar-refractivity contribution is 0.0985. The zero-order valence-electron chi connectivity index (χ0n) is 20.1. The van der Waals surface area contributed by atoms with Crippen molar-refractivity contribution in [2.45, 2.75) is 38.5 Å². The molecule has 3 aromatic carbocycles. The van der Waals surface area contributed by atoms with Crippen LogP contribution < -0.4 is 10.2 Å². The molecule has 0 aliphatic carbocycles. The van der Waals surface area contributed by atoms with E-state index >= 15 is 0 Å². The van der Waals surface area contributed by atoms with Crippen molar-refractivity contribution in [3.8, 4) is 0 Å². The molecule has 0 radical (unpaired) electrons. The zero-order valence-corrected chi connectivity index (χ0v) is 20.8. The van der Waals surface area contributed by atoms with Crippen LogP contribution >= 0.6 is 11.6 Å². The predicted octanol–water partition coefficient (Wildman–Crippen LogP) is 6.31. The Morgan fingerprint density at radius 1 is 0.971 bits per heavy atom. The second-order valence-electron chi connectivity index (χ2n) is 9.60. The van der Waals surface area contributed by atoms with Crippen molar-refractivity contribution in [2.24, 2.45) is 0 Å². The van der Waals surface area contributed by atoms with Gasteiger partial charge in [-0.05, 0) is 92.3 Å². The van der Waals surface area contributed by atoms with E-state index in [1.54, 1.807) is 18.2 Å². The van der Waals surface area contributed by atoms with Gasteiger partial charge in [0.15, 0.2) is 0 Å². The molecule has 0 aromatic heterocycles. The fourth-order valence-electron chi connectivity index (χ4n) is 5.38. The number of hydrogen-bond acceptors (Lipinski definition) is 3. The summed E-state index contributed by atoms with van der Waals surface area (Å²) in [7, 11) is 0. The largest absolute Gasteiger partial charge is 0.380 e. The van der Waals surface area contributed by atoms with Crippen LogP contribution in [0.1, 0.15) is 56.7 Å². The third-order valence-corrected chi connectivity index (χ3v) is 7.55. The summed E-state index contributed by atoms with van der Waals surface area (Å²) in [4.78, 5) is 28.4. The highest BCUT2D eigenvalue weighted by Gasteiger charge is 2.41. The maximum atomic E-state index is 13.8. The van der Waals surface area contributed by atoms with Gasteiger partial charge < -0.3 is 15.0 Å². The van der Waals surface area contributed by atoms with Crippen molar-refractivity contribution in [1.29, 1.82) is 0 Å². The van der Waals surface area contributed by atoms with Crippen LogP contribution in [0.15, 0.2) is 60.7 Å². The summed E-state index contributed by atoms with van der Waals surface area (Å²) in [6.07, 6.45) is 2.80. The summed E-state index contributed by atoms with van der Waals surface area (Å²) >= 11 is 6.40. The second-order valence-corrected chi connectivity index (χ2v) is 10.0. The van der Waals surface area contributed by atoms with E-state index in [9.17, 15) is 9.59 Å².